The summed E-state index contributed by atoms with van der Waals surface area (Å²) >= 11 is 0. The minimum Gasteiger partial charge on any atom is -0.465 e. The lowest BCUT2D eigenvalue weighted by Gasteiger charge is -2.36. The van der Waals surface area contributed by atoms with Gasteiger partial charge in [0.15, 0.2) is 0 Å². The quantitative estimate of drug-likeness (QED) is 0.707. The van der Waals surface area contributed by atoms with E-state index in [1.54, 1.807) is 6.92 Å². The fraction of sp³-hybridized carbons (Fsp3) is 0.875. The molecule has 2 unspecified atom stereocenters. The van der Waals surface area contributed by atoms with Crippen molar-refractivity contribution >= 4 is 16.2 Å². The van der Waals surface area contributed by atoms with Crippen molar-refractivity contribution < 1.29 is 22.5 Å². The van der Waals surface area contributed by atoms with Gasteiger partial charge in [-0.3, -0.25) is 4.18 Å². The number of hydrogen-bond acceptors (Lipinski definition) is 4. The van der Waals surface area contributed by atoms with Crippen LogP contribution in [0, 0.1) is 0 Å². The Morgan fingerprint density at radius 1 is 1.53 bits per heavy atom. The molecule has 1 N–H and O–H groups in total. The molecule has 0 aromatic carbocycles. The van der Waals surface area contributed by atoms with Gasteiger partial charge in [0.1, 0.15) is 0 Å². The van der Waals surface area contributed by atoms with Crippen molar-refractivity contribution in [3.8, 4) is 0 Å². The largest absolute Gasteiger partial charge is 0.465 e. The zero-order chi connectivity index (χ0) is 11.6. The highest BCUT2D eigenvalue weighted by Crippen LogP contribution is 2.21. The monoisotopic (exact) mass is 237 g/mol. The number of carbonyl (C=O) groups is 1. The molecule has 0 radical (unpaired) electrons. The van der Waals surface area contributed by atoms with Crippen molar-refractivity contribution in [2.45, 2.75) is 31.9 Å². The molecule has 1 aliphatic heterocycles. The third-order valence-electron chi connectivity index (χ3n) is 2.46. The molecular weight excluding hydrogens is 222 g/mol. The van der Waals surface area contributed by atoms with Crippen molar-refractivity contribution in [2.75, 3.05) is 12.8 Å². The lowest BCUT2D eigenvalue weighted by atomic mass is 10.0. The molecule has 7 heteroatoms. The lowest BCUT2D eigenvalue weighted by Crippen LogP contribution is -2.50. The number of amides is 1. The Hall–Kier alpha value is -0.820. The normalized spacial score (nSPS) is 27.7. The van der Waals surface area contributed by atoms with E-state index in [2.05, 4.69) is 0 Å². The zero-order valence-electron chi connectivity index (χ0n) is 8.71. The van der Waals surface area contributed by atoms with Crippen LogP contribution < -0.4 is 0 Å². The average molecular weight is 237 g/mol. The van der Waals surface area contributed by atoms with Gasteiger partial charge in [0, 0.05) is 6.54 Å². The van der Waals surface area contributed by atoms with E-state index in [0.29, 0.717) is 19.4 Å². The number of hydrogen-bond donors (Lipinski definition) is 1. The molecule has 0 bridgehead atoms. The first-order valence-electron chi connectivity index (χ1n) is 4.69. The summed E-state index contributed by atoms with van der Waals surface area (Å²) in [7, 11) is -3.53. The van der Waals surface area contributed by atoms with Gasteiger partial charge in [0.25, 0.3) is 10.1 Å². The second kappa shape index (κ2) is 4.36. The summed E-state index contributed by atoms with van der Waals surface area (Å²) in [4.78, 5) is 12.0. The van der Waals surface area contributed by atoms with Gasteiger partial charge in [-0.15, -0.1) is 0 Å². The predicted molar refractivity (Wildman–Crippen MR) is 53.1 cm³/mol. The molecule has 0 aliphatic carbocycles. The first kappa shape index (κ1) is 12.3. The fourth-order valence-electron chi connectivity index (χ4n) is 1.73. The number of nitrogens with zero attached hydrogens (tertiary/aromatic N) is 1. The number of piperidine rings is 1. The molecule has 1 saturated heterocycles. The van der Waals surface area contributed by atoms with Gasteiger partial charge >= 0.3 is 6.09 Å². The van der Waals surface area contributed by atoms with Crippen LogP contribution in [0.3, 0.4) is 0 Å². The highest BCUT2D eigenvalue weighted by Gasteiger charge is 2.33. The molecule has 0 saturated carbocycles. The van der Waals surface area contributed by atoms with Crippen LogP contribution >= 0.6 is 0 Å². The van der Waals surface area contributed by atoms with E-state index in [0.717, 1.165) is 6.26 Å². The average Bonchev–Trinajstić information content (AvgIpc) is 2.05. The van der Waals surface area contributed by atoms with Crippen LogP contribution in [0.15, 0.2) is 0 Å². The molecule has 0 aromatic rings. The van der Waals surface area contributed by atoms with Gasteiger partial charge in [-0.25, -0.2) is 4.79 Å². The first-order chi connectivity index (χ1) is 6.81. The maximum atomic E-state index is 10.9. The Morgan fingerprint density at radius 2 is 2.13 bits per heavy atom. The van der Waals surface area contributed by atoms with E-state index in [9.17, 15) is 13.2 Å². The molecule has 1 rings (SSSR count). The molecule has 1 aliphatic rings. The van der Waals surface area contributed by atoms with E-state index in [4.69, 9.17) is 9.29 Å². The molecule has 0 aromatic heterocycles. The number of rotatable bonds is 2. The molecule has 88 valence electrons. The standard InChI is InChI=1S/C8H15NO5S/c1-6-7(14-15(2,12)13)4-3-5-9(6)8(10)11/h6-7H,3-5H2,1-2H3,(H,10,11). The smallest absolute Gasteiger partial charge is 0.407 e. The third kappa shape index (κ3) is 3.35. The molecule has 1 amide bonds. The van der Waals surface area contributed by atoms with Gasteiger partial charge in [-0.1, -0.05) is 0 Å². The third-order valence-corrected chi connectivity index (χ3v) is 3.06. The van der Waals surface area contributed by atoms with Gasteiger partial charge in [0.2, 0.25) is 0 Å². The van der Waals surface area contributed by atoms with Crippen molar-refractivity contribution in [1.82, 2.24) is 4.90 Å². The fourth-order valence-corrected chi connectivity index (χ4v) is 2.44. The van der Waals surface area contributed by atoms with Crippen molar-refractivity contribution in [3.63, 3.8) is 0 Å². The summed E-state index contributed by atoms with van der Waals surface area (Å²) in [5.41, 5.74) is 0. The summed E-state index contributed by atoms with van der Waals surface area (Å²) in [6.07, 6.45) is 0.558. The topological polar surface area (TPSA) is 83.9 Å². The predicted octanol–water partition coefficient (Wildman–Crippen LogP) is 0.494. The molecule has 2 atom stereocenters. The maximum Gasteiger partial charge on any atom is 0.407 e. The minimum atomic E-state index is -3.53. The Balaban J connectivity index is 2.71. The minimum absolute atomic E-state index is 0.425. The van der Waals surface area contributed by atoms with Crippen LogP contribution in [0.1, 0.15) is 19.8 Å². The van der Waals surface area contributed by atoms with Crippen molar-refractivity contribution in [2.24, 2.45) is 0 Å². The highest BCUT2D eigenvalue weighted by atomic mass is 32.2. The van der Waals surface area contributed by atoms with Gasteiger partial charge in [-0.05, 0) is 19.8 Å². The second-order valence-electron chi connectivity index (χ2n) is 3.70. The Morgan fingerprint density at radius 3 is 2.60 bits per heavy atom. The summed E-state index contributed by atoms with van der Waals surface area (Å²) < 4.78 is 26.7. The van der Waals surface area contributed by atoms with E-state index in [1.165, 1.54) is 4.90 Å². The SMILES string of the molecule is CC1C(OS(C)(=O)=O)CCCN1C(=O)O. The van der Waals surface area contributed by atoms with E-state index >= 15 is 0 Å². The highest BCUT2D eigenvalue weighted by molar-refractivity contribution is 7.86. The van der Waals surface area contributed by atoms with Crippen molar-refractivity contribution in [1.29, 1.82) is 0 Å². The van der Waals surface area contributed by atoms with E-state index in [-0.39, 0.29) is 0 Å². The molecular formula is C8H15NO5S. The van der Waals surface area contributed by atoms with Gasteiger partial charge < -0.3 is 10.0 Å². The number of carboxylic acid groups (broad SMARTS) is 1. The van der Waals surface area contributed by atoms with Gasteiger partial charge in [0.05, 0.1) is 18.4 Å². The van der Waals surface area contributed by atoms with Gasteiger partial charge in [-0.2, -0.15) is 8.42 Å². The van der Waals surface area contributed by atoms with Crippen LogP contribution in [0.2, 0.25) is 0 Å². The van der Waals surface area contributed by atoms with Crippen molar-refractivity contribution in [3.05, 3.63) is 0 Å². The van der Waals surface area contributed by atoms with Crippen LogP contribution in [0.5, 0.6) is 0 Å². The van der Waals surface area contributed by atoms with E-state index in [1.807, 2.05) is 0 Å². The van der Waals surface area contributed by atoms with E-state index < -0.39 is 28.4 Å². The molecule has 1 fully saturated rings. The van der Waals surface area contributed by atoms with Crippen LogP contribution in [0.25, 0.3) is 0 Å². The summed E-state index contributed by atoms with van der Waals surface area (Å²) in [5, 5.41) is 8.85. The summed E-state index contributed by atoms with van der Waals surface area (Å²) in [6.45, 7) is 2.09. The summed E-state index contributed by atoms with van der Waals surface area (Å²) in [6, 6.07) is -0.425. The van der Waals surface area contributed by atoms with Crippen LogP contribution in [0.4, 0.5) is 4.79 Å². The number of likely N-dealkylation sites (tertiary alicyclic amines) is 1. The molecule has 15 heavy (non-hydrogen) atoms. The van der Waals surface area contributed by atoms with Crippen LogP contribution in [-0.2, 0) is 14.3 Å². The Kier molecular flexibility index (Phi) is 3.56. The Labute approximate surface area is 89.0 Å². The zero-order valence-corrected chi connectivity index (χ0v) is 9.53. The second-order valence-corrected chi connectivity index (χ2v) is 5.30. The van der Waals surface area contributed by atoms with Crippen LogP contribution in [-0.4, -0.2) is 49.5 Å². The molecule has 6 nitrogen and oxygen atoms in total. The molecule has 1 heterocycles. The first-order valence-corrected chi connectivity index (χ1v) is 6.51. The lowest BCUT2D eigenvalue weighted by molar-refractivity contribution is 0.0417. The Bertz CT molecular complexity index is 339. The maximum absolute atomic E-state index is 10.9. The summed E-state index contributed by atoms with van der Waals surface area (Å²) in [5.74, 6) is 0. The molecule has 0 spiro atoms.